The molecule has 0 aromatic heterocycles. The zero-order chi connectivity index (χ0) is 21.1. The molecular formula is C24H27ClFNO3. The van der Waals surface area contributed by atoms with Gasteiger partial charge in [-0.05, 0) is 43.5 Å². The fourth-order valence-electron chi connectivity index (χ4n) is 4.62. The van der Waals surface area contributed by atoms with Crippen molar-refractivity contribution in [2.45, 2.75) is 50.4 Å². The normalized spacial score (nSPS) is 23.5. The van der Waals surface area contributed by atoms with Crippen LogP contribution >= 0.6 is 11.6 Å². The van der Waals surface area contributed by atoms with Crippen LogP contribution in [-0.4, -0.2) is 42.2 Å². The van der Waals surface area contributed by atoms with Crippen LogP contribution in [0.25, 0.3) is 0 Å². The minimum absolute atomic E-state index is 0.0101. The van der Waals surface area contributed by atoms with Crippen molar-refractivity contribution in [3.63, 3.8) is 0 Å². The van der Waals surface area contributed by atoms with Gasteiger partial charge in [-0.15, -0.1) is 0 Å². The monoisotopic (exact) mass is 431 g/mol. The maximum Gasteiger partial charge on any atom is 0.253 e. The fourth-order valence-corrected chi connectivity index (χ4v) is 4.74. The van der Waals surface area contributed by atoms with Crippen LogP contribution in [-0.2, 0) is 9.47 Å². The van der Waals surface area contributed by atoms with Crippen molar-refractivity contribution in [3.8, 4) is 0 Å². The van der Waals surface area contributed by atoms with E-state index in [0.717, 1.165) is 31.2 Å². The molecule has 2 fully saturated rings. The third-order valence-electron chi connectivity index (χ3n) is 6.17. The summed E-state index contributed by atoms with van der Waals surface area (Å²) in [6.45, 7) is 3.84. The van der Waals surface area contributed by atoms with E-state index in [4.69, 9.17) is 21.1 Å². The third kappa shape index (κ3) is 4.53. The van der Waals surface area contributed by atoms with Gasteiger partial charge in [-0.3, -0.25) is 4.79 Å². The number of rotatable bonds is 4. The molecule has 2 atom stereocenters. The molecule has 4 rings (SSSR count). The molecule has 2 aromatic carbocycles. The molecule has 2 heterocycles. The van der Waals surface area contributed by atoms with Gasteiger partial charge in [0.2, 0.25) is 0 Å². The molecule has 2 aliphatic rings. The third-order valence-corrected chi connectivity index (χ3v) is 6.48. The number of piperidine rings is 1. The number of nitrogens with zero attached hydrogens (tertiary/aromatic N) is 1. The predicted octanol–water partition coefficient (Wildman–Crippen LogP) is 5.41. The molecule has 0 aliphatic carbocycles. The van der Waals surface area contributed by atoms with Gasteiger partial charge in [0.1, 0.15) is 5.82 Å². The zero-order valence-electron chi connectivity index (χ0n) is 17.2. The summed E-state index contributed by atoms with van der Waals surface area (Å²) in [5.74, 6) is -0.742. The van der Waals surface area contributed by atoms with Gasteiger partial charge in [-0.1, -0.05) is 41.9 Å². The summed E-state index contributed by atoms with van der Waals surface area (Å²) >= 11 is 5.74. The molecule has 30 heavy (non-hydrogen) atoms. The lowest BCUT2D eigenvalue weighted by Gasteiger charge is -2.48. The molecular weight excluding hydrogens is 405 g/mol. The Balaban J connectivity index is 1.47. The van der Waals surface area contributed by atoms with Gasteiger partial charge in [0.05, 0.1) is 22.8 Å². The van der Waals surface area contributed by atoms with Gasteiger partial charge in [0, 0.05) is 38.1 Å². The lowest BCUT2D eigenvalue weighted by molar-refractivity contribution is -0.190. The Labute approximate surface area is 181 Å². The molecule has 2 aromatic rings. The number of ether oxygens (including phenoxy) is 2. The molecule has 1 spiro atoms. The Kier molecular flexibility index (Phi) is 6.42. The van der Waals surface area contributed by atoms with E-state index in [9.17, 15) is 9.18 Å². The van der Waals surface area contributed by atoms with Gasteiger partial charge in [-0.25, -0.2) is 4.39 Å². The number of hydrogen-bond acceptors (Lipinski definition) is 3. The maximum atomic E-state index is 13.8. The summed E-state index contributed by atoms with van der Waals surface area (Å²) in [6, 6.07) is 14.5. The Morgan fingerprint density at radius 1 is 1.23 bits per heavy atom. The minimum atomic E-state index is -0.572. The average Bonchev–Trinajstić information content (AvgIpc) is 2.76. The Bertz CT molecular complexity index is 883. The Hall–Kier alpha value is -1.95. The van der Waals surface area contributed by atoms with Crippen molar-refractivity contribution in [2.24, 2.45) is 0 Å². The smallest absolute Gasteiger partial charge is 0.253 e. The van der Waals surface area contributed by atoms with E-state index in [-0.39, 0.29) is 28.7 Å². The highest BCUT2D eigenvalue weighted by molar-refractivity contribution is 6.30. The number of likely N-dealkylation sites (tertiary alicyclic amines) is 1. The van der Waals surface area contributed by atoms with Gasteiger partial charge in [-0.2, -0.15) is 0 Å². The van der Waals surface area contributed by atoms with Crippen LogP contribution in [0.15, 0.2) is 48.5 Å². The average molecular weight is 432 g/mol. The van der Waals surface area contributed by atoms with Crippen LogP contribution < -0.4 is 0 Å². The maximum absolute atomic E-state index is 13.8. The van der Waals surface area contributed by atoms with Gasteiger partial charge >= 0.3 is 0 Å². The first kappa shape index (κ1) is 21.3. The van der Waals surface area contributed by atoms with Crippen LogP contribution in [0.2, 0.25) is 5.02 Å². The summed E-state index contributed by atoms with van der Waals surface area (Å²) in [6.07, 6.45) is 3.28. The highest BCUT2D eigenvalue weighted by atomic mass is 35.5. The largest absolute Gasteiger partial charge is 0.378 e. The van der Waals surface area contributed by atoms with E-state index in [1.54, 1.807) is 11.0 Å². The van der Waals surface area contributed by atoms with E-state index < -0.39 is 5.82 Å². The van der Waals surface area contributed by atoms with Crippen LogP contribution in [0.1, 0.15) is 54.6 Å². The van der Waals surface area contributed by atoms with Crippen molar-refractivity contribution in [2.75, 3.05) is 19.7 Å². The van der Waals surface area contributed by atoms with Crippen LogP contribution in [0.3, 0.4) is 0 Å². The number of benzene rings is 2. The lowest BCUT2D eigenvalue weighted by atomic mass is 9.80. The van der Waals surface area contributed by atoms with Crippen molar-refractivity contribution >= 4 is 17.5 Å². The second-order valence-electron chi connectivity index (χ2n) is 8.14. The summed E-state index contributed by atoms with van der Waals surface area (Å²) in [5.41, 5.74) is 1.18. The summed E-state index contributed by atoms with van der Waals surface area (Å²) in [7, 11) is 0. The standard InChI is InChI=1S/C24H27ClFNO3/c1-2-29-19-15-22(17-6-4-3-5-7-17)30-24(16-19)10-12-27(13-11-24)23(28)18-8-9-20(25)21(26)14-18/h3-9,14,19,22H,2,10-13,15-16H2,1H3. The van der Waals surface area contributed by atoms with E-state index in [1.807, 2.05) is 25.1 Å². The van der Waals surface area contributed by atoms with Crippen LogP contribution in [0, 0.1) is 5.82 Å². The van der Waals surface area contributed by atoms with Crippen LogP contribution in [0.5, 0.6) is 0 Å². The topological polar surface area (TPSA) is 38.8 Å². The van der Waals surface area contributed by atoms with Crippen molar-refractivity contribution < 1.29 is 18.7 Å². The Morgan fingerprint density at radius 3 is 2.63 bits per heavy atom. The number of amides is 1. The van der Waals surface area contributed by atoms with Gasteiger partial charge in [0.15, 0.2) is 0 Å². The summed E-state index contributed by atoms with van der Waals surface area (Å²) in [5, 5.41) is 0.0219. The van der Waals surface area contributed by atoms with Crippen molar-refractivity contribution in [3.05, 3.63) is 70.5 Å². The van der Waals surface area contributed by atoms with Crippen molar-refractivity contribution in [1.29, 1.82) is 0 Å². The highest BCUT2D eigenvalue weighted by Gasteiger charge is 2.45. The number of halogens is 2. The Morgan fingerprint density at radius 2 is 1.97 bits per heavy atom. The number of hydrogen-bond donors (Lipinski definition) is 0. The molecule has 0 N–H and O–H groups in total. The van der Waals surface area contributed by atoms with Gasteiger partial charge in [0.25, 0.3) is 5.91 Å². The van der Waals surface area contributed by atoms with E-state index in [1.165, 1.54) is 12.1 Å². The van der Waals surface area contributed by atoms with E-state index >= 15 is 0 Å². The molecule has 0 radical (unpaired) electrons. The zero-order valence-corrected chi connectivity index (χ0v) is 17.9. The molecule has 0 saturated carbocycles. The SMILES string of the molecule is CCOC1CC(c2ccccc2)OC2(CCN(C(=O)c3ccc(Cl)c(F)c3)CC2)C1. The van der Waals surface area contributed by atoms with E-state index in [0.29, 0.717) is 25.3 Å². The number of carbonyl (C=O) groups excluding carboxylic acids is 1. The van der Waals surface area contributed by atoms with Crippen LogP contribution in [0.4, 0.5) is 4.39 Å². The molecule has 0 bridgehead atoms. The second-order valence-corrected chi connectivity index (χ2v) is 8.55. The molecule has 2 saturated heterocycles. The molecule has 160 valence electrons. The predicted molar refractivity (Wildman–Crippen MR) is 114 cm³/mol. The second kappa shape index (κ2) is 9.04. The molecule has 4 nitrogen and oxygen atoms in total. The molecule has 6 heteroatoms. The van der Waals surface area contributed by atoms with Crippen molar-refractivity contribution in [1.82, 2.24) is 4.90 Å². The molecule has 2 aliphatic heterocycles. The molecule has 2 unspecified atom stereocenters. The van der Waals surface area contributed by atoms with E-state index in [2.05, 4.69) is 12.1 Å². The first-order valence-corrected chi connectivity index (χ1v) is 11.0. The summed E-state index contributed by atoms with van der Waals surface area (Å²) in [4.78, 5) is 14.6. The first-order valence-electron chi connectivity index (χ1n) is 10.6. The molecule has 1 amide bonds. The minimum Gasteiger partial charge on any atom is -0.378 e. The lowest BCUT2D eigenvalue weighted by Crippen LogP contribution is -2.52. The highest BCUT2D eigenvalue weighted by Crippen LogP contribution is 2.44. The first-order chi connectivity index (χ1) is 14.5. The number of carbonyl (C=O) groups is 1. The van der Waals surface area contributed by atoms with Gasteiger partial charge < -0.3 is 14.4 Å². The summed E-state index contributed by atoms with van der Waals surface area (Å²) < 4.78 is 26.4. The quantitative estimate of drug-likeness (QED) is 0.649. The fraction of sp³-hybridized carbons (Fsp3) is 0.458.